The van der Waals surface area contributed by atoms with Crippen LogP contribution in [0.3, 0.4) is 0 Å². The SMILES string of the molecule is O=C(CC[C@H]1NC(=O)N(Cc2cccc(F)c2)C1=O)N1CCO[C@H](c2ccccc2)C1. The molecule has 2 fully saturated rings. The molecule has 2 aromatic rings. The molecule has 4 amide bonds. The Kier molecular flexibility index (Phi) is 6.27. The molecular formula is C23H24FN3O4. The fourth-order valence-electron chi connectivity index (χ4n) is 3.91. The van der Waals surface area contributed by atoms with Crippen molar-refractivity contribution >= 4 is 17.8 Å². The summed E-state index contributed by atoms with van der Waals surface area (Å²) in [6.07, 6.45) is 0.191. The highest BCUT2D eigenvalue weighted by molar-refractivity contribution is 6.04. The highest BCUT2D eigenvalue weighted by Crippen LogP contribution is 2.23. The zero-order chi connectivity index (χ0) is 21.8. The van der Waals surface area contributed by atoms with E-state index in [1.807, 2.05) is 30.3 Å². The van der Waals surface area contributed by atoms with E-state index in [0.717, 1.165) is 10.5 Å². The van der Waals surface area contributed by atoms with Crippen molar-refractivity contribution in [3.63, 3.8) is 0 Å². The number of urea groups is 1. The number of benzene rings is 2. The van der Waals surface area contributed by atoms with Crippen molar-refractivity contribution in [1.29, 1.82) is 0 Å². The molecule has 2 heterocycles. The van der Waals surface area contributed by atoms with Crippen LogP contribution in [0.15, 0.2) is 54.6 Å². The van der Waals surface area contributed by atoms with Crippen LogP contribution >= 0.6 is 0 Å². The van der Waals surface area contributed by atoms with Gasteiger partial charge in [-0.3, -0.25) is 14.5 Å². The van der Waals surface area contributed by atoms with Gasteiger partial charge in [-0.15, -0.1) is 0 Å². The predicted octanol–water partition coefficient (Wildman–Crippen LogP) is 2.63. The van der Waals surface area contributed by atoms with Crippen molar-refractivity contribution in [3.8, 4) is 0 Å². The van der Waals surface area contributed by atoms with E-state index in [2.05, 4.69) is 5.32 Å². The second-order valence-corrected chi connectivity index (χ2v) is 7.70. The molecule has 0 spiro atoms. The molecule has 162 valence electrons. The molecule has 2 atom stereocenters. The third-order valence-corrected chi connectivity index (χ3v) is 5.57. The molecule has 0 aliphatic carbocycles. The Bertz CT molecular complexity index is 968. The number of carbonyl (C=O) groups excluding carboxylic acids is 3. The second-order valence-electron chi connectivity index (χ2n) is 7.70. The number of morpholine rings is 1. The number of rotatable bonds is 6. The Morgan fingerprint density at radius 3 is 2.71 bits per heavy atom. The zero-order valence-electron chi connectivity index (χ0n) is 17.0. The van der Waals surface area contributed by atoms with Crippen LogP contribution in [0.5, 0.6) is 0 Å². The summed E-state index contributed by atoms with van der Waals surface area (Å²) in [6, 6.07) is 14.2. The maximum absolute atomic E-state index is 13.4. The van der Waals surface area contributed by atoms with Gasteiger partial charge in [0.1, 0.15) is 18.0 Å². The molecule has 0 unspecified atom stereocenters. The molecule has 31 heavy (non-hydrogen) atoms. The van der Waals surface area contributed by atoms with Gasteiger partial charge in [0.15, 0.2) is 0 Å². The number of nitrogens with zero attached hydrogens (tertiary/aromatic N) is 2. The minimum absolute atomic E-state index is 0.00487. The lowest BCUT2D eigenvalue weighted by atomic mass is 10.1. The Hall–Kier alpha value is -3.26. The van der Waals surface area contributed by atoms with E-state index in [1.165, 1.54) is 18.2 Å². The van der Waals surface area contributed by atoms with Crippen LogP contribution < -0.4 is 5.32 Å². The molecule has 2 aromatic carbocycles. The number of amides is 4. The third kappa shape index (κ3) is 4.91. The van der Waals surface area contributed by atoms with Crippen LogP contribution in [0.1, 0.15) is 30.1 Å². The van der Waals surface area contributed by atoms with Gasteiger partial charge in [-0.25, -0.2) is 9.18 Å². The largest absolute Gasteiger partial charge is 0.370 e. The molecule has 4 rings (SSSR count). The number of hydrogen-bond donors (Lipinski definition) is 1. The van der Waals surface area contributed by atoms with Crippen LogP contribution in [0.25, 0.3) is 0 Å². The number of hydrogen-bond acceptors (Lipinski definition) is 4. The number of ether oxygens (including phenoxy) is 1. The van der Waals surface area contributed by atoms with E-state index in [9.17, 15) is 18.8 Å². The summed E-state index contributed by atoms with van der Waals surface area (Å²) in [4.78, 5) is 40.4. The standard InChI is InChI=1S/C23H24FN3O4/c24-18-8-4-5-16(13-18)14-27-22(29)19(25-23(27)30)9-10-21(28)26-11-12-31-20(15-26)17-6-2-1-3-7-17/h1-8,13,19-20H,9-12,14-15H2,(H,25,30)/t19-,20+/m1/s1. The van der Waals surface area contributed by atoms with E-state index in [1.54, 1.807) is 11.0 Å². The van der Waals surface area contributed by atoms with Gasteiger partial charge >= 0.3 is 6.03 Å². The number of imide groups is 1. The number of halogens is 1. The van der Waals surface area contributed by atoms with Crippen LogP contribution in [0.2, 0.25) is 0 Å². The van der Waals surface area contributed by atoms with Gasteiger partial charge in [-0.1, -0.05) is 42.5 Å². The van der Waals surface area contributed by atoms with Crippen molar-refractivity contribution in [2.75, 3.05) is 19.7 Å². The molecule has 0 saturated carbocycles. The van der Waals surface area contributed by atoms with Gasteiger partial charge in [0, 0.05) is 13.0 Å². The highest BCUT2D eigenvalue weighted by atomic mass is 19.1. The van der Waals surface area contributed by atoms with Gasteiger partial charge in [0.05, 0.1) is 19.7 Å². The Balaban J connectivity index is 1.31. The second kappa shape index (κ2) is 9.26. The van der Waals surface area contributed by atoms with Gasteiger partial charge in [0.25, 0.3) is 5.91 Å². The van der Waals surface area contributed by atoms with Crippen LogP contribution in [0, 0.1) is 5.82 Å². The maximum atomic E-state index is 13.4. The Morgan fingerprint density at radius 1 is 1.13 bits per heavy atom. The molecule has 1 N–H and O–H groups in total. The lowest BCUT2D eigenvalue weighted by molar-refractivity contribution is -0.139. The summed E-state index contributed by atoms with van der Waals surface area (Å²) in [5.74, 6) is -0.896. The quantitative estimate of drug-likeness (QED) is 0.722. The summed E-state index contributed by atoms with van der Waals surface area (Å²) >= 11 is 0. The first kappa shape index (κ1) is 21.0. The normalized spacial score (nSPS) is 21.3. The summed E-state index contributed by atoms with van der Waals surface area (Å²) < 4.78 is 19.2. The minimum Gasteiger partial charge on any atom is -0.370 e. The van der Waals surface area contributed by atoms with E-state index in [0.29, 0.717) is 25.3 Å². The fourth-order valence-corrected chi connectivity index (χ4v) is 3.91. The average Bonchev–Trinajstić information content (AvgIpc) is 3.06. The summed E-state index contributed by atoms with van der Waals surface area (Å²) in [7, 11) is 0. The maximum Gasteiger partial charge on any atom is 0.325 e. The smallest absolute Gasteiger partial charge is 0.325 e. The van der Waals surface area contributed by atoms with Gasteiger partial charge in [-0.05, 0) is 29.7 Å². The highest BCUT2D eigenvalue weighted by Gasteiger charge is 2.38. The summed E-state index contributed by atoms with van der Waals surface area (Å²) in [6.45, 7) is 1.40. The van der Waals surface area contributed by atoms with Gasteiger partial charge < -0.3 is 15.0 Å². The Labute approximate surface area is 179 Å². The molecular weight excluding hydrogens is 401 g/mol. The number of nitrogens with one attached hydrogen (secondary N) is 1. The van der Waals surface area contributed by atoms with Crippen LogP contribution in [-0.4, -0.2) is 53.4 Å². The van der Waals surface area contributed by atoms with Crippen LogP contribution in [-0.2, 0) is 20.9 Å². The zero-order valence-corrected chi connectivity index (χ0v) is 17.0. The molecule has 0 bridgehead atoms. The van der Waals surface area contributed by atoms with Crippen molar-refractivity contribution in [3.05, 3.63) is 71.5 Å². The number of carbonyl (C=O) groups is 3. The lowest BCUT2D eigenvalue weighted by Crippen LogP contribution is -2.43. The van der Waals surface area contributed by atoms with Crippen molar-refractivity contribution < 1.29 is 23.5 Å². The monoisotopic (exact) mass is 425 g/mol. The van der Waals surface area contributed by atoms with Crippen LogP contribution in [0.4, 0.5) is 9.18 Å². The molecule has 0 aromatic heterocycles. The molecule has 2 saturated heterocycles. The molecule has 0 radical (unpaired) electrons. The fraction of sp³-hybridized carbons (Fsp3) is 0.348. The summed E-state index contributed by atoms with van der Waals surface area (Å²) in [5.41, 5.74) is 1.55. The average molecular weight is 425 g/mol. The third-order valence-electron chi connectivity index (χ3n) is 5.57. The Morgan fingerprint density at radius 2 is 1.94 bits per heavy atom. The van der Waals surface area contributed by atoms with Gasteiger partial charge in [0.2, 0.25) is 5.91 Å². The first-order valence-electron chi connectivity index (χ1n) is 10.3. The summed E-state index contributed by atoms with van der Waals surface area (Å²) in [5, 5.41) is 2.63. The van der Waals surface area contributed by atoms with E-state index >= 15 is 0 Å². The van der Waals surface area contributed by atoms with Gasteiger partial charge in [-0.2, -0.15) is 0 Å². The first-order valence-corrected chi connectivity index (χ1v) is 10.3. The lowest BCUT2D eigenvalue weighted by Gasteiger charge is -2.33. The predicted molar refractivity (Wildman–Crippen MR) is 110 cm³/mol. The van der Waals surface area contributed by atoms with Crippen molar-refractivity contribution in [1.82, 2.24) is 15.1 Å². The minimum atomic E-state index is -0.754. The van der Waals surface area contributed by atoms with E-state index in [-0.39, 0.29) is 31.4 Å². The van der Waals surface area contributed by atoms with E-state index in [4.69, 9.17) is 4.74 Å². The molecule has 7 nitrogen and oxygen atoms in total. The van der Waals surface area contributed by atoms with E-state index < -0.39 is 23.8 Å². The molecule has 2 aliphatic rings. The topological polar surface area (TPSA) is 79.0 Å². The van der Waals surface area contributed by atoms with Crippen molar-refractivity contribution in [2.45, 2.75) is 31.5 Å². The molecule has 2 aliphatic heterocycles. The van der Waals surface area contributed by atoms with Crippen molar-refractivity contribution in [2.24, 2.45) is 0 Å². The molecule has 8 heteroatoms. The first-order chi connectivity index (χ1) is 15.0.